The fourth-order valence-corrected chi connectivity index (χ4v) is 4.83. The van der Waals surface area contributed by atoms with Gasteiger partial charge in [-0.15, -0.1) is 0 Å². The molecule has 12 heteroatoms. The predicted molar refractivity (Wildman–Crippen MR) is 101 cm³/mol. The van der Waals surface area contributed by atoms with Gasteiger partial charge in [-0.1, -0.05) is 0 Å². The number of rotatable bonds is 5. The summed E-state index contributed by atoms with van der Waals surface area (Å²) in [5.74, 6) is 0. The van der Waals surface area contributed by atoms with E-state index in [4.69, 9.17) is 20.5 Å². The first kappa shape index (κ1) is 20.7. The quantitative estimate of drug-likeness (QED) is 0.637. The summed E-state index contributed by atoms with van der Waals surface area (Å²) in [6.07, 6.45) is 0.434. The van der Waals surface area contributed by atoms with Crippen LogP contribution in [0.4, 0.5) is 0 Å². The van der Waals surface area contributed by atoms with Gasteiger partial charge in [-0.05, 0) is 25.2 Å². The van der Waals surface area contributed by atoms with Gasteiger partial charge in [0.25, 0.3) is 5.56 Å². The molecule has 1 aromatic heterocycles. The number of aromatic nitrogens is 2. The van der Waals surface area contributed by atoms with Gasteiger partial charge in [0, 0.05) is 51.0 Å². The van der Waals surface area contributed by atoms with Gasteiger partial charge >= 0.3 is 12.6 Å². The van der Waals surface area contributed by atoms with Crippen molar-refractivity contribution in [2.75, 3.05) is 52.9 Å². The molecule has 2 fully saturated rings. The van der Waals surface area contributed by atoms with E-state index in [1.54, 1.807) is 11.6 Å². The third kappa shape index (κ3) is 5.08. The van der Waals surface area contributed by atoms with Gasteiger partial charge in [0.05, 0.1) is 12.7 Å². The molecule has 152 valence electrons. The fraction of sp³-hybridized carbons (Fsp3) is 0.733. The standard InChI is InChI=1S/C15H25ClN5O5P/c1-11-9-21(15(23)18-14(11)22)13-8-17-7-12(26-13)10-25-27(16,24)20-5-3-19(2)4-6-20/h9,12-13,17H,3-8,10H2,1-2H3,(H,18,22,23). The van der Waals surface area contributed by atoms with Crippen molar-refractivity contribution in [1.29, 1.82) is 0 Å². The zero-order chi connectivity index (χ0) is 19.6. The first-order chi connectivity index (χ1) is 12.8. The van der Waals surface area contributed by atoms with E-state index in [0.717, 1.165) is 13.1 Å². The molecular formula is C15H25ClN5O5P. The highest BCUT2D eigenvalue weighted by atomic mass is 35.7. The van der Waals surface area contributed by atoms with Gasteiger partial charge in [0.15, 0.2) is 6.23 Å². The normalized spacial score (nSPS) is 27.4. The minimum absolute atomic E-state index is 0.0354. The number of aryl methyl sites for hydroxylation is 1. The number of hydrogen-bond donors (Lipinski definition) is 2. The van der Waals surface area contributed by atoms with Crippen LogP contribution in [0.2, 0.25) is 0 Å². The molecule has 2 aliphatic heterocycles. The Balaban J connectivity index is 1.60. The lowest BCUT2D eigenvalue weighted by molar-refractivity contribution is -0.0934. The van der Waals surface area contributed by atoms with Crippen molar-refractivity contribution in [2.45, 2.75) is 19.3 Å². The number of morpholine rings is 1. The largest absolute Gasteiger partial charge is 0.363 e. The van der Waals surface area contributed by atoms with Crippen molar-refractivity contribution in [3.8, 4) is 0 Å². The Morgan fingerprint density at radius 3 is 2.70 bits per heavy atom. The Labute approximate surface area is 161 Å². The lowest BCUT2D eigenvalue weighted by atomic mass is 10.3. The Morgan fingerprint density at radius 2 is 2.00 bits per heavy atom. The summed E-state index contributed by atoms with van der Waals surface area (Å²) in [5, 5.41) is 3.16. The number of H-pyrrole nitrogens is 1. The van der Waals surface area contributed by atoms with Gasteiger partial charge in [-0.25, -0.2) is 9.46 Å². The highest BCUT2D eigenvalue weighted by Gasteiger charge is 2.34. The summed E-state index contributed by atoms with van der Waals surface area (Å²) >= 11 is 6.17. The van der Waals surface area contributed by atoms with Crippen molar-refractivity contribution >= 4 is 18.1 Å². The van der Waals surface area contributed by atoms with E-state index in [2.05, 4.69) is 15.2 Å². The molecule has 2 aliphatic rings. The van der Waals surface area contributed by atoms with E-state index in [9.17, 15) is 14.2 Å². The SMILES string of the molecule is Cc1cn(C2CNCC(COP(=O)(Cl)N3CCN(C)CC3)O2)c(=O)[nH]c1=O. The smallest absolute Gasteiger partial charge is 0.350 e. The lowest BCUT2D eigenvalue weighted by Crippen LogP contribution is -2.48. The van der Waals surface area contributed by atoms with E-state index in [1.165, 1.54) is 10.8 Å². The number of ether oxygens (including phenoxy) is 1. The molecule has 0 saturated carbocycles. The molecule has 0 radical (unpaired) electrons. The molecule has 1 aromatic rings. The molecule has 2 N–H and O–H groups in total. The first-order valence-electron chi connectivity index (χ1n) is 8.83. The Morgan fingerprint density at radius 1 is 1.30 bits per heavy atom. The maximum atomic E-state index is 12.7. The fourth-order valence-electron chi connectivity index (χ4n) is 3.04. The second-order valence-corrected chi connectivity index (χ2v) is 9.86. The van der Waals surface area contributed by atoms with Crippen LogP contribution < -0.4 is 16.6 Å². The molecule has 0 spiro atoms. The number of hydrogen-bond acceptors (Lipinski definition) is 7. The molecule has 2 saturated heterocycles. The average molecular weight is 422 g/mol. The molecule has 0 aliphatic carbocycles. The van der Waals surface area contributed by atoms with Crippen LogP contribution in [0.1, 0.15) is 11.8 Å². The van der Waals surface area contributed by atoms with Crippen LogP contribution >= 0.6 is 18.1 Å². The third-order valence-corrected chi connectivity index (χ3v) is 7.21. The van der Waals surface area contributed by atoms with Gasteiger partial charge in [0.2, 0.25) is 0 Å². The average Bonchev–Trinajstić information content (AvgIpc) is 2.64. The van der Waals surface area contributed by atoms with Crippen LogP contribution in [0.15, 0.2) is 15.8 Å². The molecule has 3 atom stereocenters. The van der Waals surface area contributed by atoms with Crippen LogP contribution in [0.25, 0.3) is 0 Å². The Bertz CT molecular complexity index is 822. The second-order valence-electron chi connectivity index (χ2n) is 6.85. The van der Waals surface area contributed by atoms with E-state index in [0.29, 0.717) is 31.7 Å². The maximum absolute atomic E-state index is 12.7. The van der Waals surface area contributed by atoms with Crippen molar-refractivity contribution in [2.24, 2.45) is 0 Å². The molecule has 0 aromatic carbocycles. The molecule has 3 heterocycles. The monoisotopic (exact) mass is 421 g/mol. The highest BCUT2D eigenvalue weighted by Crippen LogP contribution is 2.56. The van der Waals surface area contributed by atoms with E-state index >= 15 is 0 Å². The molecule has 27 heavy (non-hydrogen) atoms. The molecule has 0 amide bonds. The third-order valence-electron chi connectivity index (χ3n) is 4.73. The molecule has 3 unspecified atom stereocenters. The molecule has 10 nitrogen and oxygen atoms in total. The van der Waals surface area contributed by atoms with Crippen LogP contribution in [0.3, 0.4) is 0 Å². The van der Waals surface area contributed by atoms with Gasteiger partial charge < -0.3 is 19.5 Å². The summed E-state index contributed by atoms with van der Waals surface area (Å²) in [7, 11) is 2.00. The van der Waals surface area contributed by atoms with Crippen molar-refractivity contribution in [3.63, 3.8) is 0 Å². The summed E-state index contributed by atoms with van der Waals surface area (Å²) in [5.41, 5.74) is -0.550. The topological polar surface area (TPSA) is 109 Å². The zero-order valence-corrected chi connectivity index (χ0v) is 17.0. The van der Waals surface area contributed by atoms with Crippen LogP contribution in [-0.2, 0) is 13.8 Å². The van der Waals surface area contributed by atoms with E-state index in [1.807, 2.05) is 7.05 Å². The summed E-state index contributed by atoms with van der Waals surface area (Å²) < 4.78 is 27.1. The van der Waals surface area contributed by atoms with E-state index in [-0.39, 0.29) is 6.61 Å². The van der Waals surface area contributed by atoms with Crippen molar-refractivity contribution in [3.05, 3.63) is 32.6 Å². The van der Waals surface area contributed by atoms with Crippen molar-refractivity contribution in [1.82, 2.24) is 24.4 Å². The van der Waals surface area contributed by atoms with E-state index < -0.39 is 30.5 Å². The minimum Gasteiger partial charge on any atom is -0.350 e. The number of likely N-dealkylation sites (N-methyl/N-ethyl adjacent to an activating group) is 1. The van der Waals surface area contributed by atoms with Crippen LogP contribution in [0, 0.1) is 6.92 Å². The number of aromatic amines is 1. The Kier molecular flexibility index (Phi) is 6.58. The number of piperazine rings is 1. The number of nitrogens with zero attached hydrogens (tertiary/aromatic N) is 3. The Hall–Kier alpha value is -1.00. The maximum Gasteiger partial charge on any atom is 0.363 e. The zero-order valence-electron chi connectivity index (χ0n) is 15.4. The number of halogens is 1. The highest BCUT2D eigenvalue weighted by molar-refractivity contribution is 7.83. The molecule has 3 rings (SSSR count). The van der Waals surface area contributed by atoms with Gasteiger partial charge in [-0.2, -0.15) is 0 Å². The minimum atomic E-state index is -3.42. The van der Waals surface area contributed by atoms with Gasteiger partial charge in [-0.3, -0.25) is 18.9 Å². The van der Waals surface area contributed by atoms with Gasteiger partial charge in [0.1, 0.15) is 0 Å². The second kappa shape index (κ2) is 8.57. The first-order valence-corrected chi connectivity index (χ1v) is 11.3. The number of nitrogens with one attached hydrogen (secondary N) is 2. The molecule has 0 bridgehead atoms. The van der Waals surface area contributed by atoms with Crippen LogP contribution in [-0.4, -0.2) is 78.1 Å². The van der Waals surface area contributed by atoms with Crippen LogP contribution in [0.5, 0.6) is 0 Å². The predicted octanol–water partition coefficient (Wildman–Crippen LogP) is -0.0571. The van der Waals surface area contributed by atoms with Crippen molar-refractivity contribution < 1.29 is 13.8 Å². The molecular weight excluding hydrogens is 397 g/mol. The summed E-state index contributed by atoms with van der Waals surface area (Å²) in [4.78, 5) is 28.0. The summed E-state index contributed by atoms with van der Waals surface area (Å²) in [6.45, 7) is 1.82. The lowest BCUT2D eigenvalue weighted by Gasteiger charge is -2.35. The summed E-state index contributed by atoms with van der Waals surface area (Å²) in [6, 6.07) is 0.